The number of benzene rings is 2. The van der Waals surface area contributed by atoms with Gasteiger partial charge in [0.25, 0.3) is 0 Å². The van der Waals surface area contributed by atoms with Crippen LogP contribution in [0.1, 0.15) is 22.7 Å². The van der Waals surface area contributed by atoms with Crippen molar-refractivity contribution < 1.29 is 4.74 Å². The summed E-state index contributed by atoms with van der Waals surface area (Å²) in [5.74, 6) is 0.824. The summed E-state index contributed by atoms with van der Waals surface area (Å²) >= 11 is 0. The first kappa shape index (κ1) is 22.6. The third kappa shape index (κ3) is 6.76. The number of hydrogen-bond acceptors (Lipinski definition) is 3. The van der Waals surface area contributed by atoms with Gasteiger partial charge in [-0.25, -0.2) is 0 Å². The van der Waals surface area contributed by atoms with Crippen LogP contribution in [0.2, 0.25) is 0 Å². The third-order valence-corrected chi connectivity index (χ3v) is 4.94. The van der Waals surface area contributed by atoms with Crippen molar-refractivity contribution in [3.05, 3.63) is 71.3 Å². The summed E-state index contributed by atoms with van der Waals surface area (Å²) in [5, 5.41) is 6.91. The molecule has 0 aromatic heterocycles. The molecule has 0 amide bonds. The number of morpholine rings is 1. The van der Waals surface area contributed by atoms with Crippen molar-refractivity contribution in [1.29, 1.82) is 0 Å². The zero-order valence-electron chi connectivity index (χ0n) is 16.7. The summed E-state index contributed by atoms with van der Waals surface area (Å²) in [5.41, 5.74) is 3.84. The van der Waals surface area contributed by atoms with E-state index in [1.54, 1.807) is 0 Å². The van der Waals surface area contributed by atoms with Crippen LogP contribution in [0.4, 0.5) is 0 Å². The second-order valence-corrected chi connectivity index (χ2v) is 6.87. The molecule has 1 atom stereocenters. The van der Waals surface area contributed by atoms with Crippen molar-refractivity contribution in [2.75, 3.05) is 39.9 Å². The highest BCUT2D eigenvalue weighted by molar-refractivity contribution is 14.0. The Hall–Kier alpha value is -1.64. The zero-order chi connectivity index (χ0) is 18.9. The summed E-state index contributed by atoms with van der Waals surface area (Å²) in [6, 6.07) is 19.5. The minimum atomic E-state index is 0. The summed E-state index contributed by atoms with van der Waals surface area (Å²) in [6.07, 6.45) is 0. The standard InChI is InChI=1S/C22H30N4O.HI/c1-18-8-10-19(11-9-18)16-24-22(23-2)25-17-21(20-6-4-3-5-7-20)26-12-14-27-15-13-26;/h3-11,21H,12-17H2,1-2H3,(H2,23,24,25);1H. The number of hydrogen-bond donors (Lipinski definition) is 2. The number of ether oxygens (including phenoxy) is 1. The van der Waals surface area contributed by atoms with Gasteiger partial charge in [0.1, 0.15) is 0 Å². The lowest BCUT2D eigenvalue weighted by atomic mass is 10.0. The van der Waals surface area contributed by atoms with Gasteiger partial charge >= 0.3 is 0 Å². The second kappa shape index (κ2) is 12.0. The van der Waals surface area contributed by atoms with Gasteiger partial charge in [-0.05, 0) is 18.1 Å². The van der Waals surface area contributed by atoms with E-state index in [1.807, 2.05) is 7.05 Å². The molecule has 0 aliphatic carbocycles. The molecule has 1 heterocycles. The highest BCUT2D eigenvalue weighted by atomic mass is 127. The molecule has 1 unspecified atom stereocenters. The van der Waals surface area contributed by atoms with Crippen LogP contribution >= 0.6 is 24.0 Å². The number of nitrogens with zero attached hydrogens (tertiary/aromatic N) is 2. The minimum Gasteiger partial charge on any atom is -0.379 e. The number of halogens is 1. The molecule has 152 valence electrons. The van der Waals surface area contributed by atoms with Crippen molar-refractivity contribution in [2.45, 2.75) is 19.5 Å². The lowest BCUT2D eigenvalue weighted by Crippen LogP contribution is -2.46. The van der Waals surface area contributed by atoms with Crippen LogP contribution in [0, 0.1) is 6.92 Å². The third-order valence-electron chi connectivity index (χ3n) is 4.94. The van der Waals surface area contributed by atoms with Gasteiger partial charge in [-0.3, -0.25) is 9.89 Å². The predicted molar refractivity (Wildman–Crippen MR) is 126 cm³/mol. The van der Waals surface area contributed by atoms with Crippen LogP contribution in [0.3, 0.4) is 0 Å². The maximum absolute atomic E-state index is 5.53. The Labute approximate surface area is 185 Å². The fourth-order valence-corrected chi connectivity index (χ4v) is 3.33. The van der Waals surface area contributed by atoms with Crippen LogP contribution in [0.15, 0.2) is 59.6 Å². The predicted octanol–water partition coefficient (Wildman–Crippen LogP) is 3.35. The molecule has 5 nitrogen and oxygen atoms in total. The molecule has 0 spiro atoms. The highest BCUT2D eigenvalue weighted by Crippen LogP contribution is 2.21. The molecule has 2 aromatic carbocycles. The Morgan fingerprint density at radius 1 is 1.04 bits per heavy atom. The monoisotopic (exact) mass is 494 g/mol. The van der Waals surface area contributed by atoms with E-state index in [-0.39, 0.29) is 24.0 Å². The van der Waals surface area contributed by atoms with E-state index in [0.717, 1.165) is 45.4 Å². The van der Waals surface area contributed by atoms with Crippen LogP contribution in [-0.2, 0) is 11.3 Å². The first-order valence-electron chi connectivity index (χ1n) is 9.63. The second-order valence-electron chi connectivity index (χ2n) is 6.87. The Morgan fingerprint density at radius 2 is 1.71 bits per heavy atom. The molecule has 0 bridgehead atoms. The van der Waals surface area contributed by atoms with Gasteiger partial charge in [-0.15, -0.1) is 24.0 Å². The van der Waals surface area contributed by atoms with Crippen molar-refractivity contribution in [3.8, 4) is 0 Å². The van der Waals surface area contributed by atoms with Crippen molar-refractivity contribution in [1.82, 2.24) is 15.5 Å². The molecule has 1 aliphatic rings. The minimum absolute atomic E-state index is 0. The maximum atomic E-state index is 5.53. The fourth-order valence-electron chi connectivity index (χ4n) is 3.33. The number of guanidine groups is 1. The molecule has 1 fully saturated rings. The molecule has 1 saturated heterocycles. The summed E-state index contributed by atoms with van der Waals surface area (Å²) in [7, 11) is 1.82. The normalized spacial score (nSPS) is 16.1. The topological polar surface area (TPSA) is 48.9 Å². The number of rotatable bonds is 6. The van der Waals surface area contributed by atoms with Gasteiger partial charge in [-0.1, -0.05) is 60.2 Å². The van der Waals surface area contributed by atoms with E-state index in [4.69, 9.17) is 4.74 Å². The van der Waals surface area contributed by atoms with Crippen LogP contribution in [0.25, 0.3) is 0 Å². The Bertz CT molecular complexity index is 715. The van der Waals surface area contributed by atoms with Gasteiger partial charge in [-0.2, -0.15) is 0 Å². The molecule has 2 N–H and O–H groups in total. The molecule has 6 heteroatoms. The summed E-state index contributed by atoms with van der Waals surface area (Å²) < 4.78 is 5.53. The van der Waals surface area contributed by atoms with E-state index in [2.05, 4.69) is 82.0 Å². The van der Waals surface area contributed by atoms with Crippen LogP contribution in [0.5, 0.6) is 0 Å². The van der Waals surface area contributed by atoms with Gasteiger partial charge in [0, 0.05) is 33.2 Å². The maximum Gasteiger partial charge on any atom is 0.191 e. The summed E-state index contributed by atoms with van der Waals surface area (Å²) in [4.78, 5) is 6.87. The Morgan fingerprint density at radius 3 is 2.36 bits per heavy atom. The first-order valence-corrected chi connectivity index (χ1v) is 9.63. The zero-order valence-corrected chi connectivity index (χ0v) is 19.1. The first-order chi connectivity index (χ1) is 13.3. The molecule has 2 aromatic rings. The van der Waals surface area contributed by atoms with Crippen molar-refractivity contribution >= 4 is 29.9 Å². The quantitative estimate of drug-likeness (QED) is 0.368. The van der Waals surface area contributed by atoms with Crippen molar-refractivity contribution in [2.24, 2.45) is 4.99 Å². The lowest BCUT2D eigenvalue weighted by Gasteiger charge is -2.35. The SMILES string of the molecule is CN=C(NCc1ccc(C)cc1)NCC(c1ccccc1)N1CCOCC1.I. The molecule has 3 rings (SSSR count). The average Bonchev–Trinajstić information content (AvgIpc) is 2.73. The molecule has 0 radical (unpaired) electrons. The smallest absolute Gasteiger partial charge is 0.191 e. The summed E-state index contributed by atoms with van der Waals surface area (Å²) in [6.45, 7) is 7.17. The molecule has 0 saturated carbocycles. The fraction of sp³-hybridized carbons (Fsp3) is 0.409. The van der Waals surface area contributed by atoms with Gasteiger partial charge in [0.15, 0.2) is 5.96 Å². The highest BCUT2D eigenvalue weighted by Gasteiger charge is 2.22. The molecule has 1 aliphatic heterocycles. The van der Waals surface area contributed by atoms with E-state index >= 15 is 0 Å². The van der Waals surface area contributed by atoms with Crippen LogP contribution in [-0.4, -0.2) is 50.8 Å². The van der Waals surface area contributed by atoms with Gasteiger partial charge in [0.2, 0.25) is 0 Å². The van der Waals surface area contributed by atoms with Gasteiger partial charge in [0.05, 0.1) is 19.3 Å². The van der Waals surface area contributed by atoms with E-state index in [1.165, 1.54) is 16.7 Å². The van der Waals surface area contributed by atoms with E-state index in [9.17, 15) is 0 Å². The molecule has 28 heavy (non-hydrogen) atoms. The van der Waals surface area contributed by atoms with Crippen LogP contribution < -0.4 is 10.6 Å². The number of aliphatic imine (C=N–C) groups is 1. The number of aryl methyl sites for hydroxylation is 1. The lowest BCUT2D eigenvalue weighted by molar-refractivity contribution is 0.0170. The van der Waals surface area contributed by atoms with Gasteiger partial charge < -0.3 is 15.4 Å². The molecular formula is C22H31IN4O. The van der Waals surface area contributed by atoms with E-state index in [0.29, 0.717) is 6.04 Å². The molecular weight excluding hydrogens is 463 g/mol. The Kier molecular flexibility index (Phi) is 9.73. The largest absolute Gasteiger partial charge is 0.379 e. The number of nitrogens with one attached hydrogen (secondary N) is 2. The van der Waals surface area contributed by atoms with Crippen molar-refractivity contribution in [3.63, 3.8) is 0 Å². The average molecular weight is 494 g/mol. The van der Waals surface area contributed by atoms with E-state index < -0.39 is 0 Å². The Balaban J connectivity index is 0.00000280.